The zero-order valence-corrected chi connectivity index (χ0v) is 12.1. The molecule has 1 N–H and O–H groups in total. The molecule has 2 aromatic heterocycles. The van der Waals surface area contributed by atoms with Crippen LogP contribution in [0.5, 0.6) is 0 Å². The second-order valence-electron chi connectivity index (χ2n) is 4.93. The van der Waals surface area contributed by atoms with Gasteiger partial charge in [-0.1, -0.05) is 6.07 Å². The lowest BCUT2D eigenvalue weighted by Gasteiger charge is -2.28. The van der Waals surface area contributed by atoms with Crippen LogP contribution in [-0.2, 0) is 6.42 Å². The molecule has 0 radical (unpaired) electrons. The van der Waals surface area contributed by atoms with Gasteiger partial charge in [-0.3, -0.25) is 15.0 Å². The van der Waals surface area contributed by atoms with Crippen LogP contribution in [0.2, 0.25) is 0 Å². The number of nitrogens with one attached hydrogen (secondary N) is 1. The number of urea groups is 1. The van der Waals surface area contributed by atoms with Gasteiger partial charge in [0, 0.05) is 6.54 Å². The fourth-order valence-corrected chi connectivity index (χ4v) is 2.33. The van der Waals surface area contributed by atoms with Crippen LogP contribution in [0.1, 0.15) is 28.0 Å². The molecule has 2 amide bonds. The first-order valence-electron chi connectivity index (χ1n) is 6.97. The number of aryl methyl sites for hydroxylation is 1. The zero-order valence-electron chi connectivity index (χ0n) is 12.1. The molecule has 0 atom stereocenters. The van der Waals surface area contributed by atoms with Crippen molar-refractivity contribution in [3.63, 3.8) is 0 Å². The molecule has 0 saturated heterocycles. The summed E-state index contributed by atoms with van der Waals surface area (Å²) in [6.45, 7) is 0.490. The summed E-state index contributed by atoms with van der Waals surface area (Å²) in [4.78, 5) is 36.8. The summed E-state index contributed by atoms with van der Waals surface area (Å²) in [5, 5.41) is 11.3. The molecule has 1 aliphatic heterocycles. The van der Waals surface area contributed by atoms with E-state index < -0.39 is 6.03 Å². The van der Waals surface area contributed by atoms with E-state index in [-0.39, 0.29) is 11.6 Å². The molecule has 23 heavy (non-hydrogen) atoms. The van der Waals surface area contributed by atoms with Gasteiger partial charge < -0.3 is 0 Å². The van der Waals surface area contributed by atoms with E-state index in [1.807, 2.05) is 12.1 Å². The molecule has 0 unspecified atom stereocenters. The minimum absolute atomic E-state index is 0.104. The van der Waals surface area contributed by atoms with Crippen LogP contribution < -0.4 is 10.2 Å². The highest BCUT2D eigenvalue weighted by atomic mass is 16.2. The molecular formula is C15H12N6O2. The Morgan fingerprint density at radius 1 is 1.35 bits per heavy atom. The smallest absolute Gasteiger partial charge is 0.296 e. The molecule has 8 nitrogen and oxygen atoms in total. The number of carbonyl (C=O) groups excluding carboxylic acids is 2. The molecule has 0 fully saturated rings. The Hall–Kier alpha value is -3.34. The van der Waals surface area contributed by atoms with Gasteiger partial charge in [0.1, 0.15) is 17.6 Å². The van der Waals surface area contributed by atoms with E-state index in [9.17, 15) is 9.59 Å². The normalized spacial score (nSPS) is 12.9. The molecule has 2 aromatic rings. The van der Waals surface area contributed by atoms with Gasteiger partial charge in [0.25, 0.3) is 0 Å². The first-order valence-corrected chi connectivity index (χ1v) is 6.97. The molecular weight excluding hydrogens is 296 g/mol. The fourth-order valence-electron chi connectivity index (χ4n) is 2.33. The minimum Gasteiger partial charge on any atom is -0.296 e. The molecule has 3 heterocycles. The van der Waals surface area contributed by atoms with Crippen molar-refractivity contribution >= 4 is 24.1 Å². The Labute approximate surface area is 131 Å². The average molecular weight is 308 g/mol. The van der Waals surface area contributed by atoms with Crippen LogP contribution in [0.15, 0.2) is 24.5 Å². The minimum atomic E-state index is -0.425. The van der Waals surface area contributed by atoms with Crippen molar-refractivity contribution < 1.29 is 9.59 Å². The van der Waals surface area contributed by atoms with E-state index in [0.29, 0.717) is 24.2 Å². The molecule has 0 bridgehead atoms. The highest BCUT2D eigenvalue weighted by molar-refractivity contribution is 6.01. The molecule has 3 rings (SSSR count). The molecule has 0 aliphatic carbocycles. The monoisotopic (exact) mass is 308 g/mol. The maximum absolute atomic E-state index is 12.4. The summed E-state index contributed by atoms with van der Waals surface area (Å²) in [6, 6.07) is 4.93. The van der Waals surface area contributed by atoms with Crippen LogP contribution in [0.3, 0.4) is 0 Å². The van der Waals surface area contributed by atoms with Crippen LogP contribution >= 0.6 is 0 Å². The molecule has 0 saturated carbocycles. The lowest BCUT2D eigenvalue weighted by molar-refractivity contribution is 0.111. The van der Waals surface area contributed by atoms with Crippen LogP contribution in [0.4, 0.5) is 16.6 Å². The molecule has 0 aromatic carbocycles. The van der Waals surface area contributed by atoms with Crippen molar-refractivity contribution in [1.82, 2.24) is 15.0 Å². The van der Waals surface area contributed by atoms with Crippen molar-refractivity contribution in [2.45, 2.75) is 12.8 Å². The second-order valence-corrected chi connectivity index (χ2v) is 4.93. The van der Waals surface area contributed by atoms with E-state index in [0.717, 1.165) is 18.4 Å². The predicted molar refractivity (Wildman–Crippen MR) is 81.1 cm³/mol. The number of fused-ring (bicyclic) bond motifs is 1. The topological polar surface area (TPSA) is 112 Å². The third-order valence-corrected chi connectivity index (χ3v) is 3.43. The third-order valence-electron chi connectivity index (χ3n) is 3.43. The SMILES string of the molecule is N#Cc1cnc(NC(=O)N2CCCc3ccc(C=O)nc32)nc1. The number of rotatable bonds is 2. The summed E-state index contributed by atoms with van der Waals surface area (Å²) in [6.07, 6.45) is 4.91. The summed E-state index contributed by atoms with van der Waals surface area (Å²) in [7, 11) is 0. The zero-order chi connectivity index (χ0) is 16.2. The third kappa shape index (κ3) is 2.98. The van der Waals surface area contributed by atoms with Crippen LogP contribution in [0.25, 0.3) is 0 Å². The van der Waals surface area contributed by atoms with Gasteiger partial charge in [0.05, 0.1) is 18.0 Å². The number of carbonyl (C=O) groups is 2. The van der Waals surface area contributed by atoms with Crippen LogP contribution in [-0.4, -0.2) is 33.8 Å². The van der Waals surface area contributed by atoms with Gasteiger partial charge in [-0.2, -0.15) is 5.26 Å². The van der Waals surface area contributed by atoms with Gasteiger partial charge in [-0.25, -0.2) is 19.7 Å². The van der Waals surface area contributed by atoms with Gasteiger partial charge in [-0.15, -0.1) is 0 Å². The molecule has 0 spiro atoms. The number of pyridine rings is 1. The van der Waals surface area contributed by atoms with Gasteiger partial charge in [0.2, 0.25) is 5.95 Å². The highest BCUT2D eigenvalue weighted by Gasteiger charge is 2.24. The number of hydrogen-bond acceptors (Lipinski definition) is 6. The van der Waals surface area contributed by atoms with Crippen molar-refractivity contribution in [1.29, 1.82) is 5.26 Å². The number of anilines is 2. The van der Waals surface area contributed by atoms with Gasteiger partial charge >= 0.3 is 6.03 Å². The lowest BCUT2D eigenvalue weighted by atomic mass is 10.1. The number of nitrogens with zero attached hydrogens (tertiary/aromatic N) is 5. The standard InChI is InChI=1S/C15H12N6O2/c16-6-10-7-17-14(18-8-10)20-15(23)21-5-1-2-11-3-4-12(9-22)19-13(11)21/h3-4,7-9H,1-2,5H2,(H,17,18,20,23). The Morgan fingerprint density at radius 2 is 2.13 bits per heavy atom. The number of hydrogen-bond donors (Lipinski definition) is 1. The van der Waals surface area contributed by atoms with E-state index in [4.69, 9.17) is 5.26 Å². The van der Waals surface area contributed by atoms with Crippen molar-refractivity contribution in [3.05, 3.63) is 41.3 Å². The van der Waals surface area contributed by atoms with E-state index in [1.54, 1.807) is 6.07 Å². The predicted octanol–water partition coefficient (Wildman–Crippen LogP) is 1.54. The number of nitriles is 1. The molecule has 1 aliphatic rings. The fraction of sp³-hybridized carbons (Fsp3) is 0.200. The number of amides is 2. The molecule has 8 heteroatoms. The Balaban J connectivity index is 1.83. The highest BCUT2D eigenvalue weighted by Crippen LogP contribution is 2.25. The van der Waals surface area contributed by atoms with Crippen molar-refractivity contribution in [3.8, 4) is 6.07 Å². The second kappa shape index (κ2) is 6.19. The van der Waals surface area contributed by atoms with Crippen molar-refractivity contribution in [2.75, 3.05) is 16.8 Å². The largest absolute Gasteiger partial charge is 0.329 e. The Kier molecular flexibility index (Phi) is 3.93. The first kappa shape index (κ1) is 14.6. The first-order chi connectivity index (χ1) is 11.2. The van der Waals surface area contributed by atoms with Crippen LogP contribution in [0, 0.1) is 11.3 Å². The van der Waals surface area contributed by atoms with E-state index >= 15 is 0 Å². The van der Waals surface area contributed by atoms with Gasteiger partial charge in [-0.05, 0) is 24.5 Å². The average Bonchev–Trinajstić information content (AvgIpc) is 2.61. The maximum atomic E-state index is 12.4. The van der Waals surface area contributed by atoms with Gasteiger partial charge in [0.15, 0.2) is 6.29 Å². The maximum Gasteiger partial charge on any atom is 0.329 e. The summed E-state index contributed by atoms with van der Waals surface area (Å²) < 4.78 is 0. The number of aldehydes is 1. The van der Waals surface area contributed by atoms with Crippen molar-refractivity contribution in [2.24, 2.45) is 0 Å². The Bertz CT molecular complexity index is 797. The number of aromatic nitrogens is 3. The summed E-state index contributed by atoms with van der Waals surface area (Å²) in [5.74, 6) is 0.583. The summed E-state index contributed by atoms with van der Waals surface area (Å²) >= 11 is 0. The Morgan fingerprint density at radius 3 is 2.83 bits per heavy atom. The lowest BCUT2D eigenvalue weighted by Crippen LogP contribution is -2.39. The van der Waals surface area contributed by atoms with E-state index in [2.05, 4.69) is 20.3 Å². The quantitative estimate of drug-likeness (QED) is 0.842. The summed E-state index contributed by atoms with van der Waals surface area (Å²) in [5.41, 5.74) is 1.50. The van der Waals surface area contributed by atoms with E-state index in [1.165, 1.54) is 17.3 Å². The molecule has 114 valence electrons.